The molecule has 0 unspecified atom stereocenters. The molecule has 0 radical (unpaired) electrons. The Morgan fingerprint density at radius 2 is 2.10 bits per heavy atom. The minimum absolute atomic E-state index is 0.0774. The second-order valence-electron chi connectivity index (χ2n) is 5.96. The number of nitrogens with one attached hydrogen (secondary N) is 1. The van der Waals surface area contributed by atoms with Crippen LogP contribution in [0.15, 0.2) is 23.3 Å². The van der Waals surface area contributed by atoms with Crippen LogP contribution in [0.25, 0.3) is 5.65 Å². The van der Waals surface area contributed by atoms with E-state index in [0.29, 0.717) is 11.2 Å². The molecule has 0 aromatic carbocycles. The number of carbonyl (C=O) groups is 1. The molecule has 1 aliphatic rings. The molecular formula is C15H20N4O2. The van der Waals surface area contributed by atoms with Crippen molar-refractivity contribution in [3.63, 3.8) is 0 Å². The lowest BCUT2D eigenvalue weighted by Crippen LogP contribution is -2.39. The van der Waals surface area contributed by atoms with Gasteiger partial charge in [0.15, 0.2) is 5.65 Å². The Bertz CT molecular complexity index is 710. The van der Waals surface area contributed by atoms with Gasteiger partial charge in [0.1, 0.15) is 5.56 Å². The summed E-state index contributed by atoms with van der Waals surface area (Å²) in [6.45, 7) is 2.26. The first-order chi connectivity index (χ1) is 10.1. The molecule has 112 valence electrons. The van der Waals surface area contributed by atoms with Gasteiger partial charge in [-0.3, -0.25) is 14.7 Å². The monoisotopic (exact) mass is 288 g/mol. The molecule has 1 N–H and O–H groups in total. The van der Waals surface area contributed by atoms with Gasteiger partial charge in [-0.05, 0) is 31.6 Å². The van der Waals surface area contributed by atoms with Crippen LogP contribution in [0.4, 0.5) is 0 Å². The van der Waals surface area contributed by atoms with E-state index in [4.69, 9.17) is 0 Å². The summed E-state index contributed by atoms with van der Waals surface area (Å²) >= 11 is 0. The van der Waals surface area contributed by atoms with E-state index >= 15 is 0 Å². The number of hydrogen-bond donors (Lipinski definition) is 1. The number of nitrogens with zero attached hydrogens (tertiary/aromatic N) is 3. The third kappa shape index (κ3) is 2.46. The summed E-state index contributed by atoms with van der Waals surface area (Å²) in [5, 5.41) is 2.80. The van der Waals surface area contributed by atoms with Crippen molar-refractivity contribution in [3.05, 3.63) is 34.4 Å². The average molecular weight is 288 g/mol. The van der Waals surface area contributed by atoms with Crippen molar-refractivity contribution in [2.45, 2.75) is 38.6 Å². The third-order valence-corrected chi connectivity index (χ3v) is 4.51. The molecule has 1 fully saturated rings. The number of aromatic amines is 1. The molecule has 6 heteroatoms. The van der Waals surface area contributed by atoms with Gasteiger partial charge < -0.3 is 4.90 Å². The van der Waals surface area contributed by atoms with Crippen LogP contribution in [-0.2, 0) is 0 Å². The predicted octanol–water partition coefficient (Wildman–Crippen LogP) is 1.67. The summed E-state index contributed by atoms with van der Waals surface area (Å²) in [5.41, 5.74) is 0.630. The average Bonchev–Trinajstić information content (AvgIpc) is 2.92. The van der Waals surface area contributed by atoms with Crippen molar-refractivity contribution < 1.29 is 4.79 Å². The maximum Gasteiger partial charge on any atom is 0.272 e. The Kier molecular flexibility index (Phi) is 3.53. The van der Waals surface area contributed by atoms with Crippen LogP contribution in [-0.4, -0.2) is 38.5 Å². The zero-order valence-electron chi connectivity index (χ0n) is 12.4. The maximum atomic E-state index is 12.7. The highest BCUT2D eigenvalue weighted by atomic mass is 16.2. The standard InChI is InChI=1S/C15H20N4O2/c1-10-3-5-11(6-4-10)18(2)15(21)12-9-17-19-13(20)7-8-16-14(12)19/h7-11,17H,3-6H2,1-2H3. The van der Waals surface area contributed by atoms with E-state index in [2.05, 4.69) is 17.0 Å². The largest absolute Gasteiger partial charge is 0.339 e. The van der Waals surface area contributed by atoms with Gasteiger partial charge in [0, 0.05) is 31.5 Å². The number of rotatable bonds is 2. The zero-order chi connectivity index (χ0) is 15.0. The Hall–Kier alpha value is -2.11. The molecule has 1 amide bonds. The first-order valence-corrected chi connectivity index (χ1v) is 7.40. The van der Waals surface area contributed by atoms with Crippen molar-refractivity contribution in [2.75, 3.05) is 7.05 Å². The molecule has 0 atom stereocenters. The van der Waals surface area contributed by atoms with Crippen LogP contribution in [0.5, 0.6) is 0 Å². The number of carbonyl (C=O) groups excluding carboxylic acids is 1. The zero-order valence-corrected chi connectivity index (χ0v) is 12.4. The summed E-state index contributed by atoms with van der Waals surface area (Å²) in [5.74, 6) is 0.671. The van der Waals surface area contributed by atoms with Crippen molar-refractivity contribution in [1.82, 2.24) is 19.5 Å². The van der Waals surface area contributed by atoms with Crippen LogP contribution in [0.2, 0.25) is 0 Å². The third-order valence-electron chi connectivity index (χ3n) is 4.51. The van der Waals surface area contributed by atoms with Gasteiger partial charge in [0.25, 0.3) is 11.5 Å². The van der Waals surface area contributed by atoms with E-state index in [1.807, 2.05) is 7.05 Å². The van der Waals surface area contributed by atoms with Gasteiger partial charge in [-0.25, -0.2) is 9.50 Å². The minimum atomic E-state index is -0.215. The summed E-state index contributed by atoms with van der Waals surface area (Å²) in [6.07, 6.45) is 7.40. The second-order valence-corrected chi connectivity index (χ2v) is 5.96. The van der Waals surface area contributed by atoms with E-state index < -0.39 is 0 Å². The summed E-state index contributed by atoms with van der Waals surface area (Å²) < 4.78 is 1.30. The molecule has 0 spiro atoms. The molecule has 3 rings (SSSR count). The van der Waals surface area contributed by atoms with Crippen molar-refractivity contribution in [2.24, 2.45) is 5.92 Å². The quantitative estimate of drug-likeness (QED) is 0.914. The lowest BCUT2D eigenvalue weighted by atomic mass is 9.86. The first-order valence-electron chi connectivity index (χ1n) is 7.40. The van der Waals surface area contributed by atoms with Gasteiger partial charge in [-0.1, -0.05) is 6.92 Å². The lowest BCUT2D eigenvalue weighted by molar-refractivity contribution is 0.0681. The van der Waals surface area contributed by atoms with Gasteiger partial charge in [-0.15, -0.1) is 0 Å². The highest BCUT2D eigenvalue weighted by molar-refractivity contribution is 5.99. The SMILES string of the molecule is CC1CCC(N(C)C(=O)c2c[nH]n3c(=O)ccnc23)CC1. The molecule has 1 aliphatic carbocycles. The van der Waals surface area contributed by atoms with Crippen molar-refractivity contribution >= 4 is 11.6 Å². The van der Waals surface area contributed by atoms with Crippen LogP contribution in [0.3, 0.4) is 0 Å². The molecule has 6 nitrogen and oxygen atoms in total. The number of aromatic nitrogens is 3. The molecule has 2 aromatic rings. The number of amides is 1. The highest BCUT2D eigenvalue weighted by Gasteiger charge is 2.27. The summed E-state index contributed by atoms with van der Waals surface area (Å²) in [4.78, 5) is 30.3. The van der Waals surface area contributed by atoms with Gasteiger partial charge >= 0.3 is 0 Å². The van der Waals surface area contributed by atoms with Crippen molar-refractivity contribution in [1.29, 1.82) is 0 Å². The summed E-state index contributed by atoms with van der Waals surface area (Å²) in [6, 6.07) is 1.64. The van der Waals surface area contributed by atoms with Crippen LogP contribution >= 0.6 is 0 Å². The normalized spacial score (nSPS) is 22.4. The molecular weight excluding hydrogens is 268 g/mol. The molecule has 0 aliphatic heterocycles. The Morgan fingerprint density at radius 1 is 1.38 bits per heavy atom. The second kappa shape index (κ2) is 5.35. The minimum Gasteiger partial charge on any atom is -0.339 e. The molecule has 0 saturated heterocycles. The number of H-pyrrole nitrogens is 1. The smallest absolute Gasteiger partial charge is 0.272 e. The van der Waals surface area contributed by atoms with Crippen LogP contribution in [0, 0.1) is 5.92 Å². The number of hydrogen-bond acceptors (Lipinski definition) is 3. The lowest BCUT2D eigenvalue weighted by Gasteiger charge is -2.33. The molecule has 2 heterocycles. The fourth-order valence-corrected chi connectivity index (χ4v) is 3.06. The van der Waals surface area contributed by atoms with E-state index in [0.717, 1.165) is 31.6 Å². The van der Waals surface area contributed by atoms with E-state index in [1.54, 1.807) is 11.1 Å². The molecule has 2 aromatic heterocycles. The molecule has 21 heavy (non-hydrogen) atoms. The van der Waals surface area contributed by atoms with E-state index in [-0.39, 0.29) is 17.5 Å². The van der Waals surface area contributed by atoms with E-state index in [1.165, 1.54) is 16.8 Å². The fraction of sp³-hybridized carbons (Fsp3) is 0.533. The first kappa shape index (κ1) is 13.9. The van der Waals surface area contributed by atoms with Crippen LogP contribution < -0.4 is 5.56 Å². The maximum absolute atomic E-state index is 12.7. The highest BCUT2D eigenvalue weighted by Crippen LogP contribution is 2.27. The van der Waals surface area contributed by atoms with Gasteiger partial charge in [0.05, 0.1) is 0 Å². The topological polar surface area (TPSA) is 70.5 Å². The predicted molar refractivity (Wildman–Crippen MR) is 79.3 cm³/mol. The van der Waals surface area contributed by atoms with Crippen molar-refractivity contribution in [3.8, 4) is 0 Å². The fourth-order valence-electron chi connectivity index (χ4n) is 3.06. The Labute approximate surface area is 122 Å². The molecule has 0 bridgehead atoms. The molecule has 1 saturated carbocycles. The summed E-state index contributed by atoms with van der Waals surface area (Å²) in [7, 11) is 1.84. The number of fused-ring (bicyclic) bond motifs is 1. The van der Waals surface area contributed by atoms with Gasteiger partial charge in [0.2, 0.25) is 0 Å². The van der Waals surface area contributed by atoms with Gasteiger partial charge in [-0.2, -0.15) is 0 Å². The Balaban J connectivity index is 1.87. The van der Waals surface area contributed by atoms with Crippen LogP contribution in [0.1, 0.15) is 43.0 Å². The van der Waals surface area contributed by atoms with E-state index in [9.17, 15) is 9.59 Å². The Morgan fingerprint density at radius 3 is 2.81 bits per heavy atom.